The quantitative estimate of drug-likeness (QED) is 0.412. The number of hydrogen-bond acceptors (Lipinski definition) is 7. The van der Waals surface area contributed by atoms with Crippen molar-refractivity contribution in [1.29, 1.82) is 0 Å². The number of nitrogens with one attached hydrogen (secondary N) is 1. The third-order valence-electron chi connectivity index (χ3n) is 6.30. The van der Waals surface area contributed by atoms with E-state index in [0.29, 0.717) is 23.5 Å². The van der Waals surface area contributed by atoms with Gasteiger partial charge in [0.15, 0.2) is 0 Å². The fraction of sp³-hybridized carbons (Fsp3) is 0.417. The minimum absolute atomic E-state index is 0.172. The molecule has 1 aliphatic rings. The molecule has 3 N–H and O–H groups in total. The number of aromatic nitrogens is 3. The second kappa shape index (κ2) is 9.19. The van der Waals surface area contributed by atoms with E-state index in [4.69, 9.17) is 0 Å². The van der Waals surface area contributed by atoms with E-state index < -0.39 is 29.4 Å². The van der Waals surface area contributed by atoms with E-state index >= 15 is 0 Å². The van der Waals surface area contributed by atoms with Crippen LogP contribution in [-0.4, -0.2) is 31.1 Å². The van der Waals surface area contributed by atoms with Gasteiger partial charge in [-0.1, -0.05) is 19.9 Å². The first-order valence-corrected chi connectivity index (χ1v) is 11.9. The number of anilines is 2. The molecule has 1 aromatic carbocycles. The summed E-state index contributed by atoms with van der Waals surface area (Å²) in [5.74, 6) is -1.96. The number of aliphatic hydroxyl groups is 1. The van der Waals surface area contributed by atoms with E-state index in [1.54, 1.807) is 18.3 Å². The maximum absolute atomic E-state index is 13.0. The highest BCUT2D eigenvalue weighted by Crippen LogP contribution is 2.47. The van der Waals surface area contributed by atoms with Crippen molar-refractivity contribution in [2.75, 3.05) is 5.32 Å². The molecule has 0 radical (unpaired) electrons. The van der Waals surface area contributed by atoms with Gasteiger partial charge in [0.05, 0.1) is 10.8 Å². The molecule has 3 aromatic rings. The standard InChI is InChI=1S/C24H25F3N4O3S/c1-12-6-15(8-16(7-12)30-22-28-5-4-18(31-22)24(25,26)27)17-11-29-21(35-17)23(34)9-13(2)19(20(32)33)14(3)10-23/h4-8,11,13-14,19,34H,9-10H2,1-3H3,(H,32,33)(H,28,30,31)/t13-,14+,19+,23-. The van der Waals surface area contributed by atoms with Crippen molar-refractivity contribution < 1.29 is 28.2 Å². The van der Waals surface area contributed by atoms with E-state index in [0.717, 1.165) is 28.3 Å². The first kappa shape index (κ1) is 25.1. The first-order valence-electron chi connectivity index (χ1n) is 11.1. The summed E-state index contributed by atoms with van der Waals surface area (Å²) < 4.78 is 38.9. The van der Waals surface area contributed by atoms with Crippen molar-refractivity contribution >= 4 is 28.9 Å². The summed E-state index contributed by atoms with van der Waals surface area (Å²) in [7, 11) is 0. The molecule has 7 nitrogen and oxygen atoms in total. The van der Waals surface area contributed by atoms with Gasteiger partial charge in [-0.2, -0.15) is 13.2 Å². The van der Waals surface area contributed by atoms with Crippen molar-refractivity contribution in [3.63, 3.8) is 0 Å². The molecule has 4 rings (SSSR count). The normalized spacial score (nSPS) is 24.8. The number of aliphatic carboxylic acids is 1. The topological polar surface area (TPSA) is 108 Å². The summed E-state index contributed by atoms with van der Waals surface area (Å²) in [6, 6.07) is 6.23. The Hall–Kier alpha value is -3.05. The van der Waals surface area contributed by atoms with Crippen molar-refractivity contribution in [3.05, 3.63) is 52.9 Å². The summed E-state index contributed by atoms with van der Waals surface area (Å²) in [6.45, 7) is 5.53. The van der Waals surface area contributed by atoms with E-state index in [1.165, 1.54) is 11.3 Å². The number of nitrogens with zero attached hydrogens (tertiary/aromatic N) is 3. The van der Waals surface area contributed by atoms with E-state index in [2.05, 4.69) is 20.3 Å². The van der Waals surface area contributed by atoms with Crippen molar-refractivity contribution in [3.8, 4) is 10.4 Å². The number of carbonyl (C=O) groups is 1. The molecule has 2 aromatic heterocycles. The number of halogens is 3. The van der Waals surface area contributed by atoms with Crippen LogP contribution in [-0.2, 0) is 16.6 Å². The number of thiazole rings is 1. The maximum atomic E-state index is 13.0. The molecule has 4 atom stereocenters. The van der Waals surface area contributed by atoms with Gasteiger partial charge in [-0.3, -0.25) is 4.79 Å². The van der Waals surface area contributed by atoms with Crippen molar-refractivity contribution in [1.82, 2.24) is 15.0 Å². The van der Waals surface area contributed by atoms with E-state index in [1.807, 2.05) is 26.8 Å². The molecule has 0 unspecified atom stereocenters. The third-order valence-corrected chi connectivity index (χ3v) is 7.54. The molecule has 1 saturated carbocycles. The Morgan fingerprint density at radius 3 is 2.49 bits per heavy atom. The van der Waals surface area contributed by atoms with Gasteiger partial charge in [0.2, 0.25) is 5.95 Å². The second-order valence-corrected chi connectivity index (χ2v) is 10.3. The minimum atomic E-state index is -4.57. The average Bonchev–Trinajstić information content (AvgIpc) is 3.23. The number of carboxylic acids is 1. The fourth-order valence-electron chi connectivity index (χ4n) is 4.95. The number of alkyl halides is 3. The first-order chi connectivity index (χ1) is 16.4. The van der Waals surface area contributed by atoms with Gasteiger partial charge in [0.25, 0.3) is 0 Å². The largest absolute Gasteiger partial charge is 0.481 e. The molecular weight excluding hydrogens is 481 g/mol. The lowest BCUT2D eigenvalue weighted by atomic mass is 9.67. The van der Waals surface area contributed by atoms with Gasteiger partial charge in [-0.25, -0.2) is 15.0 Å². The van der Waals surface area contributed by atoms with Crippen molar-refractivity contribution in [2.24, 2.45) is 17.8 Å². The van der Waals surface area contributed by atoms with Crippen LogP contribution in [0.5, 0.6) is 0 Å². The Balaban J connectivity index is 1.59. The van der Waals surface area contributed by atoms with Crippen LogP contribution >= 0.6 is 11.3 Å². The molecule has 0 aliphatic heterocycles. The number of carboxylic acid groups (broad SMARTS) is 1. The Morgan fingerprint density at radius 2 is 1.86 bits per heavy atom. The summed E-state index contributed by atoms with van der Waals surface area (Å²) >= 11 is 1.32. The van der Waals surface area contributed by atoms with Gasteiger partial charge in [-0.05, 0) is 60.9 Å². The molecule has 0 spiro atoms. The van der Waals surface area contributed by atoms with Crippen LogP contribution in [0.15, 0.2) is 36.7 Å². The Labute approximate surface area is 204 Å². The van der Waals surface area contributed by atoms with E-state index in [9.17, 15) is 28.2 Å². The van der Waals surface area contributed by atoms with Crippen LogP contribution in [0.2, 0.25) is 0 Å². The van der Waals surface area contributed by atoms with Crippen LogP contribution in [0.1, 0.15) is 43.0 Å². The Morgan fingerprint density at radius 1 is 1.17 bits per heavy atom. The van der Waals surface area contributed by atoms with Gasteiger partial charge in [-0.15, -0.1) is 11.3 Å². The zero-order valence-electron chi connectivity index (χ0n) is 19.3. The van der Waals surface area contributed by atoms with Crippen LogP contribution in [0.3, 0.4) is 0 Å². The summed E-state index contributed by atoms with van der Waals surface area (Å²) in [6.07, 6.45) is -1.28. The van der Waals surface area contributed by atoms with Crippen molar-refractivity contribution in [2.45, 2.75) is 45.4 Å². The monoisotopic (exact) mass is 506 g/mol. The van der Waals surface area contributed by atoms with Gasteiger partial charge >= 0.3 is 12.1 Å². The lowest BCUT2D eigenvalue weighted by Crippen LogP contribution is -2.43. The molecule has 1 fully saturated rings. The number of benzene rings is 1. The summed E-state index contributed by atoms with van der Waals surface area (Å²) in [4.78, 5) is 24.3. The zero-order valence-corrected chi connectivity index (χ0v) is 20.1. The number of rotatable bonds is 5. The molecule has 1 aliphatic carbocycles. The minimum Gasteiger partial charge on any atom is -0.481 e. The molecule has 11 heteroatoms. The molecule has 35 heavy (non-hydrogen) atoms. The fourth-order valence-corrected chi connectivity index (χ4v) is 5.96. The average molecular weight is 507 g/mol. The van der Waals surface area contributed by atoms with E-state index in [-0.39, 0.29) is 17.8 Å². The van der Waals surface area contributed by atoms with Crippen LogP contribution in [0, 0.1) is 24.7 Å². The van der Waals surface area contributed by atoms with Gasteiger partial charge in [0.1, 0.15) is 16.3 Å². The number of hydrogen-bond donors (Lipinski definition) is 3. The molecule has 0 amide bonds. The van der Waals surface area contributed by atoms with Gasteiger partial charge < -0.3 is 15.5 Å². The maximum Gasteiger partial charge on any atom is 0.433 e. The Bertz CT molecular complexity index is 1230. The highest BCUT2D eigenvalue weighted by molar-refractivity contribution is 7.15. The second-order valence-electron chi connectivity index (χ2n) is 9.26. The van der Waals surface area contributed by atoms with Crippen LogP contribution < -0.4 is 5.32 Å². The highest BCUT2D eigenvalue weighted by atomic mass is 32.1. The number of aryl methyl sites for hydroxylation is 1. The predicted molar refractivity (Wildman–Crippen MR) is 125 cm³/mol. The molecule has 0 saturated heterocycles. The SMILES string of the molecule is Cc1cc(Nc2nccc(C(F)(F)F)n2)cc(-c2cnc([C@@]3(O)C[C@@H](C)[C@H](C(=O)O)[C@@H](C)C3)s2)c1. The third kappa shape index (κ3) is 5.30. The zero-order chi connectivity index (χ0) is 25.5. The molecule has 0 bridgehead atoms. The molecular formula is C24H25F3N4O3S. The molecule has 2 heterocycles. The summed E-state index contributed by atoms with van der Waals surface area (Å²) in [5.41, 5.74) is -0.117. The smallest absolute Gasteiger partial charge is 0.433 e. The lowest BCUT2D eigenvalue weighted by Gasteiger charge is -2.41. The lowest BCUT2D eigenvalue weighted by molar-refractivity contribution is -0.152. The predicted octanol–water partition coefficient (Wildman–Crippen LogP) is 5.63. The summed E-state index contributed by atoms with van der Waals surface area (Å²) in [5, 5.41) is 24.2. The van der Waals surface area contributed by atoms with Crippen LogP contribution in [0.4, 0.5) is 24.8 Å². The van der Waals surface area contributed by atoms with Crippen LogP contribution in [0.25, 0.3) is 10.4 Å². The highest BCUT2D eigenvalue weighted by Gasteiger charge is 2.47. The molecule has 186 valence electrons. The Kier molecular flexibility index (Phi) is 6.58. The van der Waals surface area contributed by atoms with Gasteiger partial charge in [0, 0.05) is 18.1 Å².